The molecular weight excluding hydrogens is 621 g/mol. The average molecular weight is 640 g/mol. The summed E-state index contributed by atoms with van der Waals surface area (Å²) in [6, 6.07) is 39.8. The Labute approximate surface area is 223 Å². The van der Waals surface area contributed by atoms with Crippen LogP contribution in [0.5, 0.6) is 0 Å². The van der Waals surface area contributed by atoms with Gasteiger partial charge in [-0.1, -0.05) is 78.9 Å². The zero-order valence-corrected chi connectivity index (χ0v) is 21.5. The van der Waals surface area contributed by atoms with E-state index in [1.165, 1.54) is 0 Å². The molecule has 0 bridgehead atoms. The van der Waals surface area contributed by atoms with Crippen molar-refractivity contribution in [2.75, 3.05) is 0 Å². The molecule has 2 heterocycles. The Morgan fingerprint density at radius 3 is 2.00 bits per heavy atom. The predicted molar refractivity (Wildman–Crippen MR) is 140 cm³/mol. The summed E-state index contributed by atoms with van der Waals surface area (Å²) in [5, 5.41) is 4.72. The summed E-state index contributed by atoms with van der Waals surface area (Å²) >= 11 is 0. The van der Waals surface area contributed by atoms with E-state index in [0.717, 1.165) is 39.0 Å². The van der Waals surface area contributed by atoms with Crippen LogP contribution in [0, 0.1) is 12.6 Å². The van der Waals surface area contributed by atoms with Crippen molar-refractivity contribution in [3.05, 3.63) is 133 Å². The third-order valence-corrected chi connectivity index (χ3v) is 6.02. The van der Waals surface area contributed by atoms with E-state index < -0.39 is 0 Å². The van der Waals surface area contributed by atoms with E-state index in [2.05, 4.69) is 83.7 Å². The molecule has 4 aromatic carbocycles. The number of nitrogens with zero attached hydrogens (tertiary/aromatic N) is 4. The molecule has 6 aromatic rings. The molecule has 0 saturated carbocycles. The smallest absolute Gasteiger partial charge is 0.153 e. The fourth-order valence-electron chi connectivity index (χ4n) is 4.43. The van der Waals surface area contributed by atoms with Crippen LogP contribution in [0.4, 0.5) is 5.69 Å². The Morgan fingerprint density at radius 1 is 0.722 bits per heavy atom. The summed E-state index contributed by atoms with van der Waals surface area (Å²) in [5.41, 5.74) is 8.63. The van der Waals surface area contributed by atoms with Crippen LogP contribution >= 0.6 is 0 Å². The van der Waals surface area contributed by atoms with E-state index in [4.69, 9.17) is 16.7 Å². The van der Waals surface area contributed by atoms with Crippen LogP contribution in [0.2, 0.25) is 0 Å². The molecule has 6 rings (SSSR count). The van der Waals surface area contributed by atoms with Crippen molar-refractivity contribution in [1.82, 2.24) is 14.6 Å². The minimum absolute atomic E-state index is 0. The van der Waals surface area contributed by atoms with E-state index >= 15 is 0 Å². The standard InChI is InChI=1S/C31H19N4.Ir/c1-32-25-16-8-15-24(21-25)30-33-31-28(19-10-20-35(31)34-30)29-26(22-11-4-2-5-12-22)17-9-18-27(29)23-13-6-3-7-14-23;/h2-14,16-21H;/q-1;. The molecule has 0 aliphatic rings. The number of fused-ring (bicyclic) bond motifs is 1. The maximum absolute atomic E-state index is 7.33. The average Bonchev–Trinajstić information content (AvgIpc) is 3.38. The van der Waals surface area contributed by atoms with Crippen LogP contribution in [-0.4, -0.2) is 14.6 Å². The zero-order chi connectivity index (χ0) is 23.6. The van der Waals surface area contributed by atoms with Gasteiger partial charge in [-0.3, -0.25) is 9.83 Å². The second kappa shape index (κ2) is 10.1. The fraction of sp³-hybridized carbons (Fsp3) is 0. The topological polar surface area (TPSA) is 34.5 Å². The molecule has 0 unspecified atom stereocenters. The van der Waals surface area contributed by atoms with Crippen molar-refractivity contribution in [2.24, 2.45) is 0 Å². The normalized spacial score (nSPS) is 10.5. The van der Waals surface area contributed by atoms with Gasteiger partial charge in [0.15, 0.2) is 5.65 Å². The Morgan fingerprint density at radius 2 is 1.36 bits per heavy atom. The van der Waals surface area contributed by atoms with Gasteiger partial charge < -0.3 is 0 Å². The van der Waals surface area contributed by atoms with Gasteiger partial charge in [0.25, 0.3) is 0 Å². The number of aromatic nitrogens is 3. The Kier molecular flexibility index (Phi) is 6.56. The third kappa shape index (κ3) is 4.25. The van der Waals surface area contributed by atoms with E-state index in [0.29, 0.717) is 17.1 Å². The molecule has 2 aromatic heterocycles. The number of pyridine rings is 1. The molecule has 173 valence electrons. The molecule has 0 fully saturated rings. The van der Waals surface area contributed by atoms with Gasteiger partial charge in [0.2, 0.25) is 0 Å². The SMILES string of the molecule is [C-]#[N+]c1cc[c-]c(-c2nc3c(-c4c(-c5ccccc5)cccc4-c4ccccc4)cccn3n2)c1.[Ir]. The van der Waals surface area contributed by atoms with E-state index in [1.807, 2.05) is 24.4 Å². The van der Waals surface area contributed by atoms with E-state index in [9.17, 15) is 0 Å². The molecule has 1 radical (unpaired) electrons. The Balaban J connectivity index is 0.00000267. The number of hydrogen-bond acceptors (Lipinski definition) is 2. The van der Waals surface area contributed by atoms with Crippen molar-refractivity contribution in [3.63, 3.8) is 0 Å². The maximum atomic E-state index is 7.33. The quantitative estimate of drug-likeness (QED) is 0.185. The van der Waals surface area contributed by atoms with Gasteiger partial charge in [-0.05, 0) is 34.4 Å². The molecule has 5 heteroatoms. The van der Waals surface area contributed by atoms with Crippen molar-refractivity contribution >= 4 is 11.3 Å². The first-order chi connectivity index (χ1) is 17.3. The summed E-state index contributed by atoms with van der Waals surface area (Å²) in [7, 11) is 0. The number of rotatable bonds is 4. The summed E-state index contributed by atoms with van der Waals surface area (Å²) in [4.78, 5) is 8.46. The third-order valence-electron chi connectivity index (χ3n) is 6.02. The first kappa shape index (κ1) is 23.4. The van der Waals surface area contributed by atoms with Gasteiger partial charge in [0.1, 0.15) is 5.69 Å². The molecule has 0 N–H and O–H groups in total. The minimum Gasteiger partial charge on any atom is -0.259 e. The van der Waals surface area contributed by atoms with Crippen molar-refractivity contribution in [2.45, 2.75) is 0 Å². The first-order valence-electron chi connectivity index (χ1n) is 11.3. The summed E-state index contributed by atoms with van der Waals surface area (Å²) < 4.78 is 1.81. The summed E-state index contributed by atoms with van der Waals surface area (Å²) in [6.07, 6.45) is 1.90. The van der Waals surface area contributed by atoms with Crippen LogP contribution in [0.3, 0.4) is 0 Å². The molecule has 0 aliphatic heterocycles. The number of benzene rings is 4. The monoisotopic (exact) mass is 640 g/mol. The van der Waals surface area contributed by atoms with Gasteiger partial charge in [0, 0.05) is 37.4 Å². The largest absolute Gasteiger partial charge is 0.259 e. The zero-order valence-electron chi connectivity index (χ0n) is 19.1. The van der Waals surface area contributed by atoms with Gasteiger partial charge in [-0.25, -0.2) is 4.52 Å². The molecule has 4 nitrogen and oxygen atoms in total. The van der Waals surface area contributed by atoms with Crippen LogP contribution in [0.1, 0.15) is 0 Å². The van der Waals surface area contributed by atoms with Crippen LogP contribution in [0.25, 0.3) is 55.3 Å². The van der Waals surface area contributed by atoms with Gasteiger partial charge in [-0.2, -0.15) is 11.2 Å². The maximum Gasteiger partial charge on any atom is 0.153 e. The Hall–Kier alpha value is -4.36. The fourth-order valence-corrected chi connectivity index (χ4v) is 4.43. The van der Waals surface area contributed by atoms with Crippen LogP contribution < -0.4 is 0 Å². The van der Waals surface area contributed by atoms with Gasteiger partial charge in [-0.15, -0.1) is 23.8 Å². The Bertz CT molecular complexity index is 1640. The first-order valence-corrected chi connectivity index (χ1v) is 11.3. The van der Waals surface area contributed by atoms with Crippen molar-refractivity contribution in [3.8, 4) is 44.8 Å². The van der Waals surface area contributed by atoms with Crippen LogP contribution in [0.15, 0.2) is 115 Å². The molecule has 36 heavy (non-hydrogen) atoms. The second-order valence-corrected chi connectivity index (χ2v) is 8.16. The molecule has 0 saturated heterocycles. The predicted octanol–water partition coefficient (Wildman–Crippen LogP) is 7.75. The van der Waals surface area contributed by atoms with Crippen LogP contribution in [-0.2, 0) is 20.1 Å². The molecule has 0 aliphatic carbocycles. The molecular formula is C31H19IrN4-. The van der Waals surface area contributed by atoms with Gasteiger partial charge >= 0.3 is 0 Å². The van der Waals surface area contributed by atoms with Gasteiger partial charge in [0.05, 0.1) is 12.4 Å². The summed E-state index contributed by atoms with van der Waals surface area (Å²) in [6.45, 7) is 7.33. The van der Waals surface area contributed by atoms with E-state index in [-0.39, 0.29) is 20.1 Å². The number of hydrogen-bond donors (Lipinski definition) is 0. The molecule has 0 spiro atoms. The molecule has 0 amide bonds. The second-order valence-electron chi connectivity index (χ2n) is 8.16. The molecule has 0 atom stereocenters. The van der Waals surface area contributed by atoms with Crippen molar-refractivity contribution < 1.29 is 20.1 Å². The van der Waals surface area contributed by atoms with E-state index in [1.54, 1.807) is 22.7 Å². The van der Waals surface area contributed by atoms with Crippen molar-refractivity contribution in [1.29, 1.82) is 0 Å². The summed E-state index contributed by atoms with van der Waals surface area (Å²) in [5.74, 6) is 0.543. The minimum atomic E-state index is 0.